The predicted molar refractivity (Wildman–Crippen MR) is 165 cm³/mol. The molecule has 0 spiro atoms. The van der Waals surface area contributed by atoms with Crippen LogP contribution in [0.5, 0.6) is 0 Å². The number of benzene rings is 5. The summed E-state index contributed by atoms with van der Waals surface area (Å²) >= 11 is 3.52. The molecule has 0 unspecified atom stereocenters. The van der Waals surface area contributed by atoms with Crippen molar-refractivity contribution in [3.63, 3.8) is 0 Å². The fourth-order valence-electron chi connectivity index (χ4n) is 6.24. The van der Waals surface area contributed by atoms with Gasteiger partial charge in [-0.05, 0) is 35.0 Å². The maximum Gasteiger partial charge on any atom is 0.344 e. The highest BCUT2D eigenvalue weighted by molar-refractivity contribution is 9.10. The van der Waals surface area contributed by atoms with Crippen molar-refractivity contribution < 1.29 is 4.42 Å². The van der Waals surface area contributed by atoms with E-state index in [2.05, 4.69) is 15.9 Å². The topological polar surface area (TPSA) is 81.4 Å². The lowest BCUT2D eigenvalue weighted by molar-refractivity contribution is 0.571. The molecule has 0 aliphatic rings. The second-order valence-electron chi connectivity index (χ2n) is 9.90. The Kier molecular flexibility index (Phi) is 4.62. The molecule has 188 valence electrons. The summed E-state index contributed by atoms with van der Waals surface area (Å²) in [6, 6.07) is 25.9. The summed E-state index contributed by atoms with van der Waals surface area (Å²) in [5, 5.41) is 4.98. The summed E-state index contributed by atoms with van der Waals surface area (Å²) in [6.07, 6.45) is 0. The third-order valence-corrected chi connectivity index (χ3v) is 8.36. The van der Waals surface area contributed by atoms with Gasteiger partial charge in [0.25, 0.3) is 0 Å². The lowest BCUT2D eigenvalue weighted by Crippen LogP contribution is -2.05. The van der Waals surface area contributed by atoms with Gasteiger partial charge in [-0.3, -0.25) is 14.4 Å². The third kappa shape index (κ3) is 2.86. The Hall–Kier alpha value is -4.94. The summed E-state index contributed by atoms with van der Waals surface area (Å²) in [7, 11) is 0. The number of rotatable bonds is 0. The maximum atomic E-state index is 14.7. The highest BCUT2D eigenvalue weighted by Gasteiger charge is 2.25. The summed E-state index contributed by atoms with van der Waals surface area (Å²) in [6.45, 7) is 0. The van der Waals surface area contributed by atoms with Gasteiger partial charge >= 0.3 is 5.63 Å². The smallest absolute Gasteiger partial charge is 0.344 e. The van der Waals surface area contributed by atoms with Crippen LogP contribution in [0.3, 0.4) is 0 Å². The molecule has 0 aliphatic carbocycles. The Bertz CT molecular complexity index is 2690. The zero-order valence-electron chi connectivity index (χ0n) is 20.6. The molecule has 8 rings (SSSR count). The van der Waals surface area contributed by atoms with E-state index in [1.807, 2.05) is 24.3 Å². The van der Waals surface area contributed by atoms with Crippen LogP contribution >= 0.6 is 15.9 Å². The van der Waals surface area contributed by atoms with Crippen LogP contribution in [0.2, 0.25) is 0 Å². The molecule has 6 heteroatoms. The molecule has 0 bridgehead atoms. The number of hydrogen-bond donors (Lipinski definition) is 0. The molecule has 0 amide bonds. The molecule has 40 heavy (non-hydrogen) atoms. The van der Waals surface area contributed by atoms with E-state index in [9.17, 15) is 19.2 Å². The molecular formula is C34H15BrO5. The molecule has 8 aromatic rings. The lowest BCUT2D eigenvalue weighted by atomic mass is 9.95. The van der Waals surface area contributed by atoms with Crippen LogP contribution in [0.25, 0.3) is 75.6 Å². The van der Waals surface area contributed by atoms with Crippen molar-refractivity contribution in [2.24, 2.45) is 0 Å². The quantitative estimate of drug-likeness (QED) is 0.192. The highest BCUT2D eigenvalue weighted by atomic mass is 79.9. The minimum absolute atomic E-state index is 0.107. The Morgan fingerprint density at radius 3 is 1.32 bits per heavy atom. The van der Waals surface area contributed by atoms with E-state index in [0.29, 0.717) is 52.9 Å². The molecular weight excluding hydrogens is 568 g/mol. The van der Waals surface area contributed by atoms with Crippen LogP contribution < -0.4 is 21.9 Å². The van der Waals surface area contributed by atoms with Crippen LogP contribution in [-0.2, 0) is 0 Å². The van der Waals surface area contributed by atoms with Crippen molar-refractivity contribution in [3.8, 4) is 0 Å². The van der Waals surface area contributed by atoms with Gasteiger partial charge in [-0.25, -0.2) is 4.79 Å². The average molecular weight is 583 g/mol. The monoisotopic (exact) mass is 582 g/mol. The van der Waals surface area contributed by atoms with Crippen LogP contribution in [0.4, 0.5) is 0 Å². The molecule has 0 fully saturated rings. The molecule has 0 aliphatic heterocycles. The van der Waals surface area contributed by atoms with Gasteiger partial charge in [-0.2, -0.15) is 0 Å². The fraction of sp³-hybridized carbons (Fsp3) is 0. The minimum Gasteiger partial charge on any atom is -0.422 e. The van der Waals surface area contributed by atoms with Crippen LogP contribution in [-0.4, -0.2) is 0 Å². The second-order valence-corrected chi connectivity index (χ2v) is 10.8. The minimum atomic E-state index is -0.681. The normalized spacial score (nSPS) is 12.0. The maximum absolute atomic E-state index is 14.7. The van der Waals surface area contributed by atoms with E-state index in [-0.39, 0.29) is 38.0 Å². The molecule has 5 nitrogen and oxygen atoms in total. The standard InChI is InChI=1S/C34H15BrO5/c35-16-13-14-24-23(15-16)27-29-25(18-8-2-4-10-20(18)32(29)37)28-26(17-7-1-3-9-19(17)31(28)36)30(27)33(38)21-11-5-6-12-22(21)34(39)40-24/h1-15H. The molecule has 1 aromatic heterocycles. The van der Waals surface area contributed by atoms with Crippen molar-refractivity contribution in [1.82, 2.24) is 0 Å². The number of hydrogen-bond acceptors (Lipinski definition) is 5. The van der Waals surface area contributed by atoms with Crippen molar-refractivity contribution >= 4 is 91.5 Å². The number of halogens is 1. The van der Waals surface area contributed by atoms with E-state index < -0.39 is 11.1 Å². The predicted octanol–water partition coefficient (Wildman–Crippen LogP) is 6.99. The van der Waals surface area contributed by atoms with E-state index in [1.165, 1.54) is 0 Å². The molecule has 0 saturated carbocycles. The summed E-state index contributed by atoms with van der Waals surface area (Å²) < 4.78 is 6.57. The first-order valence-electron chi connectivity index (χ1n) is 12.6. The van der Waals surface area contributed by atoms with Gasteiger partial charge in [0.1, 0.15) is 5.58 Å². The van der Waals surface area contributed by atoms with Gasteiger partial charge in [-0.1, -0.05) is 82.7 Å². The van der Waals surface area contributed by atoms with Gasteiger partial charge in [0.05, 0.1) is 5.39 Å². The average Bonchev–Trinajstić information content (AvgIpc) is 3.45. The van der Waals surface area contributed by atoms with Crippen molar-refractivity contribution in [3.05, 3.63) is 137 Å². The number of fused-ring (bicyclic) bond motifs is 13. The third-order valence-electron chi connectivity index (χ3n) is 7.87. The zero-order valence-corrected chi connectivity index (χ0v) is 22.2. The molecule has 0 N–H and O–H groups in total. The van der Waals surface area contributed by atoms with Crippen LogP contribution in [0.15, 0.2) is 119 Å². The van der Waals surface area contributed by atoms with Crippen molar-refractivity contribution in [1.29, 1.82) is 0 Å². The Balaban J connectivity index is 1.97. The first kappa shape index (κ1) is 23.0. The molecule has 0 radical (unpaired) electrons. The molecule has 0 saturated heterocycles. The summed E-state index contributed by atoms with van der Waals surface area (Å²) in [5.74, 6) is 0. The van der Waals surface area contributed by atoms with Crippen LogP contribution in [0, 0.1) is 0 Å². The molecule has 7 aromatic carbocycles. The second kappa shape index (κ2) is 8.04. The van der Waals surface area contributed by atoms with Gasteiger partial charge < -0.3 is 4.42 Å². The zero-order chi connectivity index (χ0) is 27.3. The van der Waals surface area contributed by atoms with E-state index in [0.717, 1.165) is 0 Å². The SMILES string of the molecule is O=c1oc2ccc(Br)cc2c2c(c(=O)c3ccccc13)c1c3ccccc3c(=O)c1c1c3ccccc3c(=O)c21. The van der Waals surface area contributed by atoms with Gasteiger partial charge in [0.2, 0.25) is 0 Å². The highest BCUT2D eigenvalue weighted by Crippen LogP contribution is 2.41. The fourth-order valence-corrected chi connectivity index (χ4v) is 6.60. The van der Waals surface area contributed by atoms with E-state index in [4.69, 9.17) is 4.42 Å². The van der Waals surface area contributed by atoms with Crippen molar-refractivity contribution in [2.45, 2.75) is 0 Å². The Morgan fingerprint density at radius 1 is 0.425 bits per heavy atom. The largest absolute Gasteiger partial charge is 0.422 e. The van der Waals surface area contributed by atoms with E-state index >= 15 is 0 Å². The lowest BCUT2D eigenvalue weighted by Gasteiger charge is -2.05. The first-order chi connectivity index (χ1) is 19.5. The van der Waals surface area contributed by atoms with Gasteiger partial charge in [0.15, 0.2) is 16.3 Å². The Morgan fingerprint density at radius 2 is 0.825 bits per heavy atom. The Labute approximate surface area is 232 Å². The van der Waals surface area contributed by atoms with Crippen molar-refractivity contribution in [2.75, 3.05) is 0 Å². The van der Waals surface area contributed by atoms with Gasteiger partial charge in [0, 0.05) is 58.3 Å². The molecule has 1 heterocycles. The van der Waals surface area contributed by atoms with E-state index in [1.54, 1.807) is 66.7 Å². The molecule has 0 atom stereocenters. The van der Waals surface area contributed by atoms with Gasteiger partial charge in [-0.15, -0.1) is 0 Å². The summed E-state index contributed by atoms with van der Waals surface area (Å²) in [4.78, 5) is 56.4. The van der Waals surface area contributed by atoms with Crippen LogP contribution in [0.1, 0.15) is 0 Å². The summed E-state index contributed by atoms with van der Waals surface area (Å²) in [5.41, 5.74) is -1.45. The first-order valence-corrected chi connectivity index (χ1v) is 13.4.